The highest BCUT2D eigenvalue weighted by atomic mass is 35.5. The van der Waals surface area contributed by atoms with Gasteiger partial charge in [-0.15, -0.1) is 0 Å². The molecule has 43 heavy (non-hydrogen) atoms. The Morgan fingerprint density at radius 3 is 2.37 bits per heavy atom. The Morgan fingerprint density at radius 1 is 1.07 bits per heavy atom. The Bertz CT molecular complexity index is 1630. The number of anilines is 2. The molecule has 3 aliphatic heterocycles. The molecule has 0 amide bonds. The predicted octanol–water partition coefficient (Wildman–Crippen LogP) is 6.13. The van der Waals surface area contributed by atoms with E-state index in [1.165, 1.54) is 0 Å². The maximum Gasteiger partial charge on any atom is 0.228 e. The predicted molar refractivity (Wildman–Crippen MR) is 174 cm³/mol. The zero-order valence-electron chi connectivity index (χ0n) is 25.4. The van der Waals surface area contributed by atoms with Crippen molar-refractivity contribution >= 4 is 51.8 Å². The number of aromatic nitrogens is 2. The van der Waals surface area contributed by atoms with Crippen molar-refractivity contribution in [3.8, 4) is 0 Å². The number of benzene rings is 2. The number of rotatable bonds is 6. The fourth-order valence-electron chi connectivity index (χ4n) is 6.72. The van der Waals surface area contributed by atoms with Crippen molar-refractivity contribution in [2.75, 3.05) is 50.1 Å². The number of fused-ring (bicyclic) bond motifs is 3. The first-order valence-corrected chi connectivity index (χ1v) is 15.2. The van der Waals surface area contributed by atoms with E-state index in [-0.39, 0.29) is 33.9 Å². The minimum Gasteiger partial charge on any atom is -0.508 e. The summed E-state index contributed by atoms with van der Waals surface area (Å²) in [6.07, 6.45) is 5.25. The van der Waals surface area contributed by atoms with E-state index in [0.29, 0.717) is 47.7 Å². The van der Waals surface area contributed by atoms with Crippen LogP contribution in [0.2, 0.25) is 5.02 Å². The maximum absolute atomic E-state index is 16.6. The number of aliphatic hydroxyl groups is 1. The van der Waals surface area contributed by atoms with Gasteiger partial charge >= 0.3 is 0 Å². The number of hydrogen-bond acceptors (Lipinski definition) is 7. The van der Waals surface area contributed by atoms with Crippen molar-refractivity contribution in [1.29, 1.82) is 5.41 Å². The molecule has 1 aromatic heterocycles. The van der Waals surface area contributed by atoms with Gasteiger partial charge in [-0.05, 0) is 82.6 Å². The minimum atomic E-state index is -0.522. The molecule has 0 saturated carbocycles. The molecule has 3 aliphatic rings. The molecule has 2 aromatic carbocycles. The number of aliphatic hydroxyl groups excluding tert-OH is 1. The van der Waals surface area contributed by atoms with Gasteiger partial charge in [-0.1, -0.05) is 35.9 Å². The summed E-state index contributed by atoms with van der Waals surface area (Å²) in [4.78, 5) is 18.5. The Morgan fingerprint density at radius 2 is 1.74 bits per heavy atom. The van der Waals surface area contributed by atoms with E-state index in [0.717, 1.165) is 37.1 Å². The zero-order chi connectivity index (χ0) is 30.6. The number of piperazine rings is 1. The smallest absolute Gasteiger partial charge is 0.228 e. The molecule has 8 nitrogen and oxygen atoms in total. The van der Waals surface area contributed by atoms with Crippen molar-refractivity contribution < 1.29 is 9.50 Å². The molecule has 3 fully saturated rings. The normalized spacial score (nSPS) is 21.3. The largest absolute Gasteiger partial charge is 0.508 e. The number of hydrogen-bond donors (Lipinski definition) is 2. The van der Waals surface area contributed by atoms with Crippen LogP contribution in [-0.2, 0) is 0 Å². The van der Waals surface area contributed by atoms with Crippen LogP contribution in [-0.4, -0.2) is 89.1 Å². The van der Waals surface area contributed by atoms with Crippen molar-refractivity contribution in [2.45, 2.75) is 51.7 Å². The fourth-order valence-corrected chi connectivity index (χ4v) is 7.07. The Kier molecular flexibility index (Phi) is 7.81. The Balaban J connectivity index is 1.43. The van der Waals surface area contributed by atoms with Crippen LogP contribution in [0.3, 0.4) is 0 Å². The third-order valence-electron chi connectivity index (χ3n) is 9.15. The van der Waals surface area contributed by atoms with E-state index in [1.807, 2.05) is 38.1 Å². The molecule has 0 spiro atoms. The number of amidine groups is 1. The highest BCUT2D eigenvalue weighted by Crippen LogP contribution is 2.40. The second kappa shape index (κ2) is 11.4. The summed E-state index contributed by atoms with van der Waals surface area (Å²) in [7, 11) is 4.11. The summed E-state index contributed by atoms with van der Waals surface area (Å²) in [5, 5.41) is 19.9. The molecule has 10 heteroatoms. The molecule has 6 rings (SSSR count). The van der Waals surface area contributed by atoms with E-state index < -0.39 is 5.82 Å². The van der Waals surface area contributed by atoms with Gasteiger partial charge in [0.25, 0.3) is 0 Å². The molecule has 2 atom stereocenters. The summed E-state index contributed by atoms with van der Waals surface area (Å²) < 4.78 is 16.6. The number of allylic oxidation sites excluding steroid dienone is 2. The van der Waals surface area contributed by atoms with Crippen LogP contribution < -0.4 is 9.80 Å². The summed E-state index contributed by atoms with van der Waals surface area (Å²) in [6.45, 7) is 8.51. The van der Waals surface area contributed by atoms with Gasteiger partial charge in [-0.25, -0.2) is 9.37 Å². The van der Waals surface area contributed by atoms with Crippen LogP contribution in [0.25, 0.3) is 22.6 Å². The molecular formula is C33H39ClFN7O. The van der Waals surface area contributed by atoms with E-state index in [2.05, 4.69) is 33.7 Å². The quantitative estimate of drug-likeness (QED) is 0.152. The van der Waals surface area contributed by atoms with Crippen molar-refractivity contribution in [3.05, 3.63) is 69.7 Å². The number of likely N-dealkylation sites (N-methyl/N-ethyl adjacent to an activating group) is 1. The number of nitrogens with one attached hydrogen (secondary N) is 1. The van der Waals surface area contributed by atoms with Crippen LogP contribution in [0, 0.1) is 18.2 Å². The number of halogens is 2. The first-order chi connectivity index (χ1) is 20.5. The lowest BCUT2D eigenvalue weighted by Gasteiger charge is -2.44. The average Bonchev–Trinajstić information content (AvgIpc) is 3.19. The second-order valence-electron chi connectivity index (χ2n) is 12.3. The van der Waals surface area contributed by atoms with E-state index >= 15 is 4.39 Å². The SMILES string of the molecule is CC(=N)N1C2CCC1CN(c1nc(N3CC(N(C)C)C3)nc3c(F)c(/C(C)=C/C(O)=C\c4ccccc4C)c(Cl)cc13)C2. The van der Waals surface area contributed by atoms with E-state index in [9.17, 15) is 5.11 Å². The molecule has 2 bridgehead atoms. The zero-order valence-corrected chi connectivity index (χ0v) is 26.2. The maximum atomic E-state index is 16.6. The van der Waals surface area contributed by atoms with Gasteiger partial charge in [0.15, 0.2) is 5.82 Å². The second-order valence-corrected chi connectivity index (χ2v) is 12.8. The number of aryl methyl sites for hydroxylation is 1. The molecular weight excluding hydrogens is 565 g/mol. The first-order valence-electron chi connectivity index (χ1n) is 14.9. The molecule has 0 aliphatic carbocycles. The standard InChI is InChI=1S/C33H39ClFN7O/c1-19-8-6-7-9-22(19)13-26(43)12-20(2)29-28(34)14-27-31(30(29)35)37-33(41-17-25(18-41)39(4)5)38-32(27)40-15-23-10-11-24(16-40)42(23)21(3)36/h6-9,12-14,23-25,36,43H,10-11,15-18H2,1-5H3/b20-12+,26-13+,36-21?. The average molecular weight is 604 g/mol. The van der Waals surface area contributed by atoms with Crippen LogP contribution in [0.4, 0.5) is 16.2 Å². The Labute approximate surface area is 257 Å². The van der Waals surface area contributed by atoms with Gasteiger partial charge < -0.3 is 24.7 Å². The van der Waals surface area contributed by atoms with Crippen LogP contribution >= 0.6 is 11.6 Å². The van der Waals surface area contributed by atoms with E-state index in [4.69, 9.17) is 27.0 Å². The van der Waals surface area contributed by atoms with Gasteiger partial charge in [0.2, 0.25) is 5.95 Å². The minimum absolute atomic E-state index is 0.0107. The monoisotopic (exact) mass is 603 g/mol. The number of nitrogens with zero attached hydrogens (tertiary/aromatic N) is 6. The first kappa shape index (κ1) is 29.4. The van der Waals surface area contributed by atoms with Crippen molar-refractivity contribution in [3.63, 3.8) is 0 Å². The summed E-state index contributed by atoms with van der Waals surface area (Å²) in [6, 6.07) is 10.3. The van der Waals surface area contributed by atoms with Gasteiger partial charge in [-0.3, -0.25) is 5.41 Å². The fraction of sp³-hybridized carbons (Fsp3) is 0.424. The van der Waals surface area contributed by atoms with Crippen LogP contribution in [0.5, 0.6) is 0 Å². The highest BCUT2D eigenvalue weighted by Gasteiger charge is 2.41. The molecule has 2 N–H and O–H groups in total. The lowest BCUT2D eigenvalue weighted by Crippen LogP contribution is -2.58. The highest BCUT2D eigenvalue weighted by molar-refractivity contribution is 6.33. The lowest BCUT2D eigenvalue weighted by atomic mass is 10.0. The molecule has 0 radical (unpaired) electrons. The van der Waals surface area contributed by atoms with Gasteiger partial charge in [0.05, 0.1) is 10.9 Å². The van der Waals surface area contributed by atoms with Gasteiger partial charge in [0, 0.05) is 55.3 Å². The van der Waals surface area contributed by atoms with E-state index in [1.54, 1.807) is 25.1 Å². The van der Waals surface area contributed by atoms with Gasteiger partial charge in [-0.2, -0.15) is 4.98 Å². The third-order valence-corrected chi connectivity index (χ3v) is 9.44. The summed E-state index contributed by atoms with van der Waals surface area (Å²) in [5.41, 5.74) is 2.85. The van der Waals surface area contributed by atoms with Crippen LogP contribution in [0.1, 0.15) is 43.4 Å². The van der Waals surface area contributed by atoms with Gasteiger partial charge in [0.1, 0.15) is 17.1 Å². The molecule has 226 valence electrons. The molecule has 3 saturated heterocycles. The topological polar surface area (TPSA) is 82.8 Å². The lowest BCUT2D eigenvalue weighted by molar-refractivity contribution is 0.245. The molecule has 4 heterocycles. The Hall–Kier alpha value is -3.69. The third kappa shape index (κ3) is 5.45. The van der Waals surface area contributed by atoms with Crippen LogP contribution in [0.15, 0.2) is 42.2 Å². The molecule has 2 unspecified atom stereocenters. The summed E-state index contributed by atoms with van der Waals surface area (Å²) >= 11 is 6.80. The molecule has 3 aromatic rings. The van der Waals surface area contributed by atoms with Crippen molar-refractivity contribution in [2.24, 2.45) is 0 Å². The van der Waals surface area contributed by atoms with Crippen molar-refractivity contribution in [1.82, 2.24) is 19.8 Å². The summed E-state index contributed by atoms with van der Waals surface area (Å²) in [5.74, 6) is 1.28.